The van der Waals surface area contributed by atoms with E-state index in [4.69, 9.17) is 9.72 Å². The molecule has 38 heavy (non-hydrogen) atoms. The van der Waals surface area contributed by atoms with Gasteiger partial charge in [-0.3, -0.25) is 15.1 Å². The van der Waals surface area contributed by atoms with Crippen molar-refractivity contribution in [3.05, 3.63) is 78.9 Å². The van der Waals surface area contributed by atoms with Crippen molar-refractivity contribution in [2.24, 2.45) is 0 Å². The molecule has 6 aromatic rings. The van der Waals surface area contributed by atoms with Crippen molar-refractivity contribution in [3.8, 4) is 28.5 Å². The fourth-order valence-corrected chi connectivity index (χ4v) is 5.04. The van der Waals surface area contributed by atoms with E-state index in [-0.39, 0.29) is 0 Å². The number of aromatic nitrogens is 7. The molecule has 2 N–H and O–H groups in total. The van der Waals surface area contributed by atoms with E-state index in [1.54, 1.807) is 18.6 Å². The summed E-state index contributed by atoms with van der Waals surface area (Å²) in [6.45, 7) is 2.58. The third-order valence-corrected chi connectivity index (χ3v) is 7.00. The zero-order chi connectivity index (χ0) is 25.3. The Morgan fingerprint density at radius 1 is 0.921 bits per heavy atom. The molecule has 7 rings (SSSR count). The first-order valence-electron chi connectivity index (χ1n) is 12.9. The lowest BCUT2D eigenvalue weighted by molar-refractivity contribution is 0.305. The summed E-state index contributed by atoms with van der Waals surface area (Å²) < 4.78 is 5.98. The van der Waals surface area contributed by atoms with Crippen LogP contribution >= 0.6 is 0 Å². The highest BCUT2D eigenvalue weighted by molar-refractivity contribution is 5.95. The van der Waals surface area contributed by atoms with E-state index in [1.807, 2.05) is 48.7 Å². The first kappa shape index (κ1) is 22.4. The second-order valence-electron chi connectivity index (χ2n) is 9.53. The molecule has 0 bridgehead atoms. The number of fused-ring (bicyclic) bond motifs is 2. The molecule has 9 heteroatoms. The summed E-state index contributed by atoms with van der Waals surface area (Å²) in [6.07, 6.45) is 10.8. The minimum Gasteiger partial charge on any atom is -0.487 e. The maximum Gasteiger partial charge on any atom is 0.180 e. The Morgan fingerprint density at radius 3 is 2.71 bits per heavy atom. The van der Waals surface area contributed by atoms with Gasteiger partial charge >= 0.3 is 0 Å². The summed E-state index contributed by atoms with van der Waals surface area (Å²) >= 11 is 0. The molecule has 188 valence electrons. The lowest BCUT2D eigenvalue weighted by Crippen LogP contribution is -2.29. The quantitative estimate of drug-likeness (QED) is 0.308. The molecule has 0 spiro atoms. The fraction of sp³-hybridized carbons (Fsp3) is 0.207. The third kappa shape index (κ3) is 4.21. The van der Waals surface area contributed by atoms with Crippen molar-refractivity contribution in [1.29, 1.82) is 0 Å². The minimum absolute atomic E-state index is 0.476. The molecule has 1 aliphatic rings. The van der Waals surface area contributed by atoms with Gasteiger partial charge in [0, 0.05) is 36.4 Å². The highest BCUT2D eigenvalue weighted by Gasteiger charge is 2.19. The number of ether oxygens (including phenoxy) is 1. The number of piperidine rings is 1. The van der Waals surface area contributed by atoms with Crippen molar-refractivity contribution in [2.45, 2.75) is 25.9 Å². The molecule has 6 heterocycles. The Hall–Kier alpha value is -4.79. The van der Waals surface area contributed by atoms with E-state index in [9.17, 15) is 0 Å². The molecule has 0 unspecified atom stereocenters. The number of aromatic amines is 2. The lowest BCUT2D eigenvalue weighted by atomic mass is 10.1. The smallest absolute Gasteiger partial charge is 0.180 e. The summed E-state index contributed by atoms with van der Waals surface area (Å²) in [5, 5.41) is 8.59. The molecule has 1 aliphatic heterocycles. The molecule has 0 radical (unpaired) electrons. The van der Waals surface area contributed by atoms with Crippen LogP contribution in [-0.4, -0.2) is 48.2 Å². The predicted molar refractivity (Wildman–Crippen MR) is 147 cm³/mol. The third-order valence-electron chi connectivity index (χ3n) is 7.00. The Kier molecular flexibility index (Phi) is 5.65. The molecule has 1 aromatic carbocycles. The van der Waals surface area contributed by atoms with Crippen LogP contribution in [0.3, 0.4) is 0 Å². The molecule has 5 aromatic heterocycles. The molecular weight excluding hydrogens is 476 g/mol. The Balaban J connectivity index is 1.22. The highest BCUT2D eigenvalue weighted by atomic mass is 16.5. The summed E-state index contributed by atoms with van der Waals surface area (Å²) in [4.78, 5) is 24.3. The van der Waals surface area contributed by atoms with Crippen molar-refractivity contribution < 1.29 is 4.74 Å². The number of hydrogen-bond donors (Lipinski definition) is 2. The number of H-pyrrole nitrogens is 2. The van der Waals surface area contributed by atoms with Crippen molar-refractivity contribution in [2.75, 3.05) is 18.0 Å². The summed E-state index contributed by atoms with van der Waals surface area (Å²) in [5.41, 5.74) is 7.10. The average molecular weight is 503 g/mol. The largest absolute Gasteiger partial charge is 0.487 e. The lowest BCUT2D eigenvalue weighted by Gasteiger charge is -2.28. The summed E-state index contributed by atoms with van der Waals surface area (Å²) in [6, 6.07) is 16.1. The van der Waals surface area contributed by atoms with E-state index < -0.39 is 0 Å². The maximum absolute atomic E-state index is 5.98. The first-order valence-corrected chi connectivity index (χ1v) is 12.9. The number of rotatable bonds is 6. The fourth-order valence-electron chi connectivity index (χ4n) is 5.04. The second kappa shape index (κ2) is 9.59. The van der Waals surface area contributed by atoms with Gasteiger partial charge in [-0.05, 0) is 43.0 Å². The van der Waals surface area contributed by atoms with E-state index in [0.717, 1.165) is 57.7 Å². The molecule has 1 fully saturated rings. The van der Waals surface area contributed by atoms with Gasteiger partial charge in [0.1, 0.15) is 23.6 Å². The molecule has 0 aliphatic carbocycles. The van der Waals surface area contributed by atoms with Gasteiger partial charge in [-0.15, -0.1) is 0 Å². The number of anilines is 1. The standard InChI is InChI=1S/C29H26N8O/c1-3-7-19(8-4-1)18-38-21-13-20(15-30-16-21)23-14-22-24(17-32-23)35-36-26(22)29-33-27-25(9-10-31-28(27)34-29)37-11-5-2-6-12-37/h1,3-4,7-10,13-17H,2,5-6,11-12,18H2,(H,35,36)(H,31,33,34). The van der Waals surface area contributed by atoms with Gasteiger partial charge in [0.15, 0.2) is 11.5 Å². The number of imidazole rings is 1. The van der Waals surface area contributed by atoms with Crippen LogP contribution in [0.2, 0.25) is 0 Å². The van der Waals surface area contributed by atoms with Gasteiger partial charge in [-0.1, -0.05) is 30.3 Å². The van der Waals surface area contributed by atoms with E-state index in [2.05, 4.69) is 41.1 Å². The Morgan fingerprint density at radius 2 is 1.82 bits per heavy atom. The minimum atomic E-state index is 0.476. The van der Waals surface area contributed by atoms with Crippen molar-refractivity contribution in [1.82, 2.24) is 35.1 Å². The van der Waals surface area contributed by atoms with E-state index in [1.165, 1.54) is 19.3 Å². The van der Waals surface area contributed by atoms with Crippen LogP contribution in [-0.2, 0) is 6.61 Å². The van der Waals surface area contributed by atoms with Crippen LogP contribution in [0, 0.1) is 0 Å². The molecule has 1 saturated heterocycles. The average Bonchev–Trinajstić information content (AvgIpc) is 3.61. The zero-order valence-corrected chi connectivity index (χ0v) is 20.8. The normalized spacial score (nSPS) is 13.8. The Labute approximate surface area is 219 Å². The van der Waals surface area contributed by atoms with Gasteiger partial charge in [0.25, 0.3) is 0 Å². The number of nitrogens with one attached hydrogen (secondary N) is 2. The van der Waals surface area contributed by atoms with Crippen LogP contribution in [0.15, 0.2) is 73.3 Å². The van der Waals surface area contributed by atoms with Crippen molar-refractivity contribution in [3.63, 3.8) is 0 Å². The van der Waals surface area contributed by atoms with E-state index in [0.29, 0.717) is 23.8 Å². The van der Waals surface area contributed by atoms with Gasteiger partial charge in [0.2, 0.25) is 0 Å². The topological polar surface area (TPSA) is 109 Å². The number of hydrogen-bond acceptors (Lipinski definition) is 7. The summed E-state index contributed by atoms with van der Waals surface area (Å²) in [5.74, 6) is 1.37. The van der Waals surface area contributed by atoms with Gasteiger partial charge in [-0.25, -0.2) is 9.97 Å². The van der Waals surface area contributed by atoms with E-state index >= 15 is 0 Å². The first-order chi connectivity index (χ1) is 18.8. The van der Waals surface area contributed by atoms with Gasteiger partial charge < -0.3 is 14.6 Å². The Bertz CT molecular complexity index is 1720. The molecule has 0 amide bonds. The maximum atomic E-state index is 5.98. The van der Waals surface area contributed by atoms with Crippen molar-refractivity contribution >= 4 is 27.8 Å². The molecule has 0 atom stereocenters. The van der Waals surface area contributed by atoms with Gasteiger partial charge in [0.05, 0.1) is 29.3 Å². The predicted octanol–water partition coefficient (Wildman–Crippen LogP) is 5.53. The molecule has 0 saturated carbocycles. The van der Waals surface area contributed by atoms with Crippen LogP contribution < -0.4 is 9.64 Å². The molecule has 9 nitrogen and oxygen atoms in total. The monoisotopic (exact) mass is 502 g/mol. The zero-order valence-electron chi connectivity index (χ0n) is 20.8. The van der Waals surface area contributed by atoms with Crippen LogP contribution in [0.4, 0.5) is 5.69 Å². The second-order valence-corrected chi connectivity index (χ2v) is 9.53. The SMILES string of the molecule is c1ccc(COc2cncc(-c3cc4c(-c5nc6nccc(N7CCCCC7)c6[nH]5)n[nH]c4cn3)c2)cc1. The number of pyridine rings is 3. The van der Waals surface area contributed by atoms with Gasteiger partial charge in [-0.2, -0.15) is 5.10 Å². The number of nitrogens with zero attached hydrogens (tertiary/aromatic N) is 6. The van der Waals surface area contributed by atoms with Crippen LogP contribution in [0.1, 0.15) is 24.8 Å². The number of benzene rings is 1. The highest BCUT2D eigenvalue weighted by Crippen LogP contribution is 2.32. The summed E-state index contributed by atoms with van der Waals surface area (Å²) in [7, 11) is 0. The molecular formula is C29H26N8O. The van der Waals surface area contributed by atoms with Crippen LogP contribution in [0.5, 0.6) is 5.75 Å². The van der Waals surface area contributed by atoms with Crippen LogP contribution in [0.25, 0.3) is 44.8 Å².